The molecule has 5 rings (SSSR count). The third kappa shape index (κ3) is 3.56. The van der Waals surface area contributed by atoms with E-state index in [0.717, 1.165) is 11.1 Å². The first kappa shape index (κ1) is 19.4. The Bertz CT molecular complexity index is 1490. The number of nitrogens with zero attached hydrogens (tertiary/aromatic N) is 4. The van der Waals surface area contributed by atoms with Crippen molar-refractivity contribution in [1.29, 1.82) is 0 Å². The second kappa shape index (κ2) is 7.96. The topological polar surface area (TPSA) is 98.2 Å². The maximum atomic E-state index is 13.2. The summed E-state index contributed by atoms with van der Waals surface area (Å²) in [4.78, 5) is 22.6. The number of aromatic nitrogens is 3. The number of rotatable bonds is 4. The Morgan fingerprint density at radius 3 is 2.44 bits per heavy atom. The molecule has 2 aromatic heterocycles. The van der Waals surface area contributed by atoms with Crippen LogP contribution in [0.4, 0.5) is 11.5 Å². The number of para-hydroxylation sites is 3. The molecule has 2 heterocycles. The van der Waals surface area contributed by atoms with Gasteiger partial charge in [-0.1, -0.05) is 60.2 Å². The second-order valence-corrected chi connectivity index (χ2v) is 7.44. The van der Waals surface area contributed by atoms with E-state index >= 15 is 0 Å². The van der Waals surface area contributed by atoms with Crippen molar-refractivity contribution in [2.24, 2.45) is 5.10 Å². The number of hydrogen-bond acceptors (Lipinski definition) is 5. The van der Waals surface area contributed by atoms with E-state index in [-0.39, 0.29) is 17.3 Å². The van der Waals surface area contributed by atoms with Crippen molar-refractivity contribution in [3.63, 3.8) is 0 Å². The highest BCUT2D eigenvalue weighted by atomic mass is 16.1. The number of carbonyl (C=O) groups is 1. The van der Waals surface area contributed by atoms with Gasteiger partial charge in [-0.25, -0.2) is 9.97 Å². The zero-order valence-corrected chi connectivity index (χ0v) is 17.4. The molecule has 0 spiro atoms. The lowest BCUT2D eigenvalue weighted by Gasteiger charge is -2.05. The Morgan fingerprint density at radius 2 is 1.69 bits per heavy atom. The van der Waals surface area contributed by atoms with Crippen LogP contribution in [0.5, 0.6) is 0 Å². The molecule has 3 N–H and O–H groups in total. The molecular weight excluding hydrogens is 400 g/mol. The van der Waals surface area contributed by atoms with Gasteiger partial charge in [-0.3, -0.25) is 4.79 Å². The number of nitrogens with one attached hydrogen (secondary N) is 1. The molecule has 1 amide bonds. The largest absolute Gasteiger partial charge is 0.383 e. The van der Waals surface area contributed by atoms with Gasteiger partial charge in [0.1, 0.15) is 16.9 Å². The first-order valence-electron chi connectivity index (χ1n) is 10.1. The van der Waals surface area contributed by atoms with Gasteiger partial charge in [0.2, 0.25) is 0 Å². The summed E-state index contributed by atoms with van der Waals surface area (Å²) in [6.45, 7) is 2.01. The molecule has 3 aromatic carbocycles. The minimum Gasteiger partial charge on any atom is -0.383 e. The number of hydrogen-bond donors (Lipinski definition) is 2. The van der Waals surface area contributed by atoms with Crippen LogP contribution in [0.2, 0.25) is 0 Å². The zero-order chi connectivity index (χ0) is 22.1. The van der Waals surface area contributed by atoms with E-state index in [9.17, 15) is 4.79 Å². The molecule has 7 nitrogen and oxygen atoms in total. The first-order valence-corrected chi connectivity index (χ1v) is 10.1. The molecule has 0 saturated carbocycles. The summed E-state index contributed by atoms with van der Waals surface area (Å²) in [5.41, 5.74) is 11.6. The fourth-order valence-corrected chi connectivity index (χ4v) is 3.58. The van der Waals surface area contributed by atoms with Crippen molar-refractivity contribution in [1.82, 2.24) is 14.6 Å². The van der Waals surface area contributed by atoms with Crippen LogP contribution in [0.25, 0.3) is 22.2 Å². The van der Waals surface area contributed by atoms with Crippen LogP contribution in [0.15, 0.2) is 84.0 Å². The van der Waals surface area contributed by atoms with Gasteiger partial charge in [-0.05, 0) is 36.8 Å². The summed E-state index contributed by atoms with van der Waals surface area (Å²) in [6, 6.07) is 24.6. The van der Waals surface area contributed by atoms with Gasteiger partial charge >= 0.3 is 0 Å². The SMILES string of the molecule is Cc1cccc(/C=N\n2c(N)c(C(=O)Nc3ccccc3)c3nc4ccccc4nc32)c1. The fraction of sp³-hybridized carbons (Fsp3) is 0.0400. The quantitative estimate of drug-likeness (QED) is 0.415. The standard InChI is InChI=1S/C25H20N6O/c1-16-8-7-9-17(14-16)15-27-31-23(26)21(25(32)28-18-10-3-2-4-11-18)22-24(31)30-20-13-6-5-12-19(20)29-22/h2-15H,26H2,1H3,(H,28,32)/b27-15-. The highest BCUT2D eigenvalue weighted by Crippen LogP contribution is 2.28. The third-order valence-corrected chi connectivity index (χ3v) is 5.10. The summed E-state index contributed by atoms with van der Waals surface area (Å²) >= 11 is 0. The minimum atomic E-state index is -0.368. The van der Waals surface area contributed by atoms with Crippen LogP contribution in [-0.4, -0.2) is 26.8 Å². The molecule has 32 heavy (non-hydrogen) atoms. The van der Waals surface area contributed by atoms with Crippen molar-refractivity contribution < 1.29 is 4.79 Å². The fourth-order valence-electron chi connectivity index (χ4n) is 3.58. The zero-order valence-electron chi connectivity index (χ0n) is 17.4. The molecular formula is C25H20N6O. The monoisotopic (exact) mass is 420 g/mol. The second-order valence-electron chi connectivity index (χ2n) is 7.44. The molecule has 0 unspecified atom stereocenters. The van der Waals surface area contributed by atoms with Gasteiger partial charge < -0.3 is 11.1 Å². The van der Waals surface area contributed by atoms with Crippen molar-refractivity contribution >= 4 is 45.8 Å². The predicted molar refractivity (Wildman–Crippen MR) is 128 cm³/mol. The van der Waals surface area contributed by atoms with Gasteiger partial charge in [-0.2, -0.15) is 9.78 Å². The number of fused-ring (bicyclic) bond motifs is 2. The summed E-state index contributed by atoms with van der Waals surface area (Å²) in [6.07, 6.45) is 1.69. The van der Waals surface area contributed by atoms with Crippen LogP contribution in [0.1, 0.15) is 21.5 Å². The first-order chi connectivity index (χ1) is 15.6. The third-order valence-electron chi connectivity index (χ3n) is 5.10. The molecule has 7 heteroatoms. The number of nitrogens with two attached hydrogens (primary N) is 1. The van der Waals surface area contributed by atoms with Crippen LogP contribution in [0, 0.1) is 6.92 Å². The number of carbonyl (C=O) groups excluding carboxylic acids is 1. The lowest BCUT2D eigenvalue weighted by molar-refractivity contribution is 0.102. The Labute approximate surface area is 184 Å². The van der Waals surface area contributed by atoms with E-state index in [1.165, 1.54) is 4.68 Å². The molecule has 0 fully saturated rings. The molecule has 0 aliphatic rings. The predicted octanol–water partition coefficient (Wildman–Crippen LogP) is 4.61. The van der Waals surface area contributed by atoms with Gasteiger partial charge in [0.05, 0.1) is 17.2 Å². The smallest absolute Gasteiger partial charge is 0.261 e. The van der Waals surface area contributed by atoms with E-state index in [0.29, 0.717) is 27.9 Å². The van der Waals surface area contributed by atoms with Crippen molar-refractivity contribution in [3.8, 4) is 0 Å². The lowest BCUT2D eigenvalue weighted by Crippen LogP contribution is -2.14. The summed E-state index contributed by atoms with van der Waals surface area (Å²) in [5, 5.41) is 7.43. The average molecular weight is 420 g/mol. The van der Waals surface area contributed by atoms with Crippen LogP contribution in [-0.2, 0) is 0 Å². The van der Waals surface area contributed by atoms with E-state index < -0.39 is 0 Å². The summed E-state index contributed by atoms with van der Waals surface area (Å²) in [5.74, 6) is -0.194. The van der Waals surface area contributed by atoms with Crippen molar-refractivity contribution in [2.45, 2.75) is 6.92 Å². The molecule has 0 radical (unpaired) electrons. The lowest BCUT2D eigenvalue weighted by atomic mass is 10.2. The maximum Gasteiger partial charge on any atom is 0.261 e. The highest BCUT2D eigenvalue weighted by molar-refractivity contribution is 6.16. The normalized spacial score (nSPS) is 11.4. The Morgan fingerprint density at radius 1 is 0.969 bits per heavy atom. The van der Waals surface area contributed by atoms with Crippen LogP contribution in [0.3, 0.4) is 0 Å². The molecule has 0 bridgehead atoms. The Balaban J connectivity index is 1.68. The van der Waals surface area contributed by atoms with Gasteiger partial charge in [-0.15, -0.1) is 0 Å². The van der Waals surface area contributed by atoms with E-state index in [1.807, 2.05) is 85.8 Å². The van der Waals surface area contributed by atoms with E-state index in [1.54, 1.807) is 6.21 Å². The number of anilines is 2. The Hall–Kier alpha value is -4.52. The molecule has 5 aromatic rings. The molecule has 0 aliphatic heterocycles. The minimum absolute atomic E-state index is 0.174. The number of nitrogen functional groups attached to an aromatic ring is 1. The molecule has 156 valence electrons. The van der Waals surface area contributed by atoms with Gasteiger partial charge in [0.25, 0.3) is 5.91 Å². The van der Waals surface area contributed by atoms with Crippen LogP contribution < -0.4 is 11.1 Å². The van der Waals surface area contributed by atoms with E-state index in [2.05, 4.69) is 10.4 Å². The number of amides is 1. The van der Waals surface area contributed by atoms with E-state index in [4.69, 9.17) is 15.7 Å². The molecule has 0 aliphatic carbocycles. The van der Waals surface area contributed by atoms with Gasteiger partial charge in [0, 0.05) is 5.69 Å². The van der Waals surface area contributed by atoms with Crippen molar-refractivity contribution in [3.05, 3.63) is 95.6 Å². The molecule has 0 atom stereocenters. The number of aryl methyl sites for hydroxylation is 1. The summed E-state index contributed by atoms with van der Waals surface area (Å²) < 4.78 is 1.47. The number of benzene rings is 3. The Kier molecular flexibility index (Phi) is 4.84. The summed E-state index contributed by atoms with van der Waals surface area (Å²) in [7, 11) is 0. The highest BCUT2D eigenvalue weighted by Gasteiger charge is 2.24. The van der Waals surface area contributed by atoms with Crippen LogP contribution >= 0.6 is 0 Å². The maximum absolute atomic E-state index is 13.2. The molecule has 0 saturated heterocycles. The van der Waals surface area contributed by atoms with Crippen molar-refractivity contribution in [2.75, 3.05) is 11.1 Å². The van der Waals surface area contributed by atoms with Gasteiger partial charge in [0.15, 0.2) is 5.65 Å². The average Bonchev–Trinajstić information content (AvgIpc) is 3.07.